The monoisotopic (exact) mass is 479 g/mol. The molecule has 0 unspecified atom stereocenters. The minimum absolute atomic E-state index is 0.0778. The molecular weight excluding hydrogens is 458 g/mol. The van der Waals surface area contributed by atoms with Gasteiger partial charge in [-0.15, -0.1) is 0 Å². The van der Waals surface area contributed by atoms with Crippen molar-refractivity contribution >= 4 is 43.1 Å². The van der Waals surface area contributed by atoms with E-state index in [4.69, 9.17) is 10.3 Å². The van der Waals surface area contributed by atoms with E-state index in [1.165, 1.54) is 24.3 Å². The molecule has 32 heavy (non-hydrogen) atoms. The number of nitrogens with zero attached hydrogens (tertiary/aromatic N) is 3. The second-order valence-electron chi connectivity index (χ2n) is 7.25. The van der Waals surface area contributed by atoms with E-state index in [2.05, 4.69) is 5.16 Å². The number of carboxylic acid groups (broad SMARTS) is 1. The van der Waals surface area contributed by atoms with Gasteiger partial charge in [0.2, 0.25) is 10.0 Å². The summed E-state index contributed by atoms with van der Waals surface area (Å²) in [6.45, 7) is 2.60. The molecule has 170 valence electrons. The summed E-state index contributed by atoms with van der Waals surface area (Å²) in [5.41, 5.74) is 1.08. The first-order chi connectivity index (χ1) is 14.9. The van der Waals surface area contributed by atoms with E-state index < -0.39 is 32.6 Å². The average molecular weight is 480 g/mol. The third-order valence-electron chi connectivity index (χ3n) is 4.79. The van der Waals surface area contributed by atoms with Crippen LogP contribution in [0.3, 0.4) is 0 Å². The van der Waals surface area contributed by atoms with Gasteiger partial charge in [0.15, 0.2) is 0 Å². The Balaban J connectivity index is 2.44. The number of aliphatic carboxylic acids is 1. The van der Waals surface area contributed by atoms with Crippen LogP contribution in [0.5, 0.6) is 0 Å². The highest BCUT2D eigenvalue weighted by Gasteiger charge is 2.31. The lowest BCUT2D eigenvalue weighted by atomic mass is 10.2. The van der Waals surface area contributed by atoms with Crippen molar-refractivity contribution in [2.75, 3.05) is 13.6 Å². The number of carboxylic acids is 1. The normalized spacial score (nSPS) is 12.8. The zero-order valence-corrected chi connectivity index (χ0v) is 19.1. The zero-order valence-electron chi connectivity index (χ0n) is 17.4. The summed E-state index contributed by atoms with van der Waals surface area (Å²) >= 11 is 0. The molecule has 0 aliphatic heterocycles. The Bertz CT molecular complexity index is 1440. The average Bonchev–Trinajstić information content (AvgIpc) is 3.05. The molecular formula is C20H21N3O7S2. The maximum absolute atomic E-state index is 13.5. The number of fused-ring (bicyclic) bond motifs is 1. The number of sulfonamides is 1. The second kappa shape index (κ2) is 8.37. The van der Waals surface area contributed by atoms with Gasteiger partial charge in [0.25, 0.3) is 10.0 Å². The number of hydrogen-bond acceptors (Lipinski definition) is 7. The summed E-state index contributed by atoms with van der Waals surface area (Å²) in [5.74, 6) is -1.37. The fraction of sp³-hybridized carbons (Fsp3) is 0.200. The van der Waals surface area contributed by atoms with Gasteiger partial charge in [-0.05, 0) is 49.7 Å². The molecule has 2 aromatic carbocycles. The Morgan fingerprint density at radius 2 is 1.69 bits per heavy atom. The highest BCUT2D eigenvalue weighted by molar-refractivity contribution is 7.90. The molecule has 0 radical (unpaired) electrons. The lowest BCUT2D eigenvalue weighted by Gasteiger charge is -2.18. The summed E-state index contributed by atoms with van der Waals surface area (Å²) in [4.78, 5) is 10.6. The van der Waals surface area contributed by atoms with Crippen LogP contribution in [0.1, 0.15) is 16.8 Å². The van der Waals surface area contributed by atoms with Crippen LogP contribution in [0.2, 0.25) is 0 Å². The Kier molecular flexibility index (Phi) is 6.13. The van der Waals surface area contributed by atoms with Crippen molar-refractivity contribution < 1.29 is 31.9 Å². The third-order valence-corrected chi connectivity index (χ3v) is 8.34. The summed E-state index contributed by atoms with van der Waals surface area (Å²) in [7, 11) is -7.62. The smallest absolute Gasteiger partial charge is 0.318 e. The molecule has 3 aromatic rings. The van der Waals surface area contributed by atoms with Gasteiger partial charge in [-0.1, -0.05) is 22.9 Å². The Labute approximate surface area is 185 Å². The first kappa shape index (κ1) is 23.4. The minimum atomic E-state index is -4.40. The van der Waals surface area contributed by atoms with Crippen molar-refractivity contribution in [2.24, 2.45) is 5.16 Å². The molecule has 0 saturated heterocycles. The van der Waals surface area contributed by atoms with Crippen LogP contribution in [0, 0.1) is 13.8 Å². The molecule has 2 N–H and O–H groups in total. The van der Waals surface area contributed by atoms with Gasteiger partial charge in [0, 0.05) is 12.4 Å². The standard InChI is InChI=1S/C20H21N3O7S2/c1-13-4-6-17(7-5-13)31(27,28)23-16(11-21-26)10-15-8-14(2)9-18(20(15)23)32(29,30)22(3)12-19(24)25/h4-11,26H,12H2,1-3H3,(H,24,25). The number of likely N-dealkylation sites (N-methyl/N-ethyl adjacent to an activating group) is 1. The van der Waals surface area contributed by atoms with Crippen LogP contribution in [0.4, 0.5) is 0 Å². The molecule has 0 saturated carbocycles. The SMILES string of the molecule is Cc1ccc(S(=O)(=O)n2c(C=NO)cc3cc(C)cc(S(=O)(=O)N(C)CC(=O)O)c32)cc1. The summed E-state index contributed by atoms with van der Waals surface area (Å²) in [6.07, 6.45) is 0.887. The van der Waals surface area contributed by atoms with Crippen molar-refractivity contribution in [3.63, 3.8) is 0 Å². The number of benzene rings is 2. The summed E-state index contributed by atoms with van der Waals surface area (Å²) < 4.78 is 55.0. The van der Waals surface area contributed by atoms with Crippen molar-refractivity contribution in [3.05, 3.63) is 59.3 Å². The van der Waals surface area contributed by atoms with Crippen LogP contribution in [-0.2, 0) is 24.8 Å². The third kappa shape index (κ3) is 4.11. The summed E-state index contributed by atoms with van der Waals surface area (Å²) in [6, 6.07) is 10.2. The molecule has 0 aliphatic carbocycles. The molecule has 10 nitrogen and oxygen atoms in total. The molecule has 0 bridgehead atoms. The van der Waals surface area contributed by atoms with Crippen molar-refractivity contribution in [2.45, 2.75) is 23.6 Å². The van der Waals surface area contributed by atoms with Crippen LogP contribution >= 0.6 is 0 Å². The Hall–Kier alpha value is -3.22. The molecule has 0 atom stereocenters. The number of oxime groups is 1. The Morgan fingerprint density at radius 3 is 2.25 bits per heavy atom. The first-order valence-corrected chi connectivity index (χ1v) is 12.1. The predicted octanol–water partition coefficient (Wildman–Crippen LogP) is 2.01. The van der Waals surface area contributed by atoms with E-state index in [1.54, 1.807) is 32.0 Å². The fourth-order valence-electron chi connectivity index (χ4n) is 3.31. The molecule has 0 amide bonds. The largest absolute Gasteiger partial charge is 0.480 e. The second-order valence-corrected chi connectivity index (χ2v) is 11.1. The Morgan fingerprint density at radius 1 is 1.06 bits per heavy atom. The van der Waals surface area contributed by atoms with E-state index in [1.807, 2.05) is 0 Å². The van der Waals surface area contributed by atoms with Gasteiger partial charge in [0.1, 0.15) is 11.4 Å². The van der Waals surface area contributed by atoms with Crippen molar-refractivity contribution in [1.82, 2.24) is 8.28 Å². The van der Waals surface area contributed by atoms with E-state index in [0.29, 0.717) is 9.87 Å². The van der Waals surface area contributed by atoms with Crippen LogP contribution < -0.4 is 0 Å². The van der Waals surface area contributed by atoms with Gasteiger partial charge < -0.3 is 10.3 Å². The summed E-state index contributed by atoms with van der Waals surface area (Å²) in [5, 5.41) is 21.3. The number of aryl methyl sites for hydroxylation is 2. The molecule has 1 aromatic heterocycles. The molecule has 0 aliphatic rings. The van der Waals surface area contributed by atoms with Crippen LogP contribution in [0.25, 0.3) is 10.9 Å². The lowest BCUT2D eigenvalue weighted by Crippen LogP contribution is -2.32. The van der Waals surface area contributed by atoms with Gasteiger partial charge >= 0.3 is 5.97 Å². The molecule has 1 heterocycles. The van der Waals surface area contributed by atoms with E-state index in [9.17, 15) is 21.6 Å². The number of hydrogen-bond donors (Lipinski definition) is 2. The topological polar surface area (TPSA) is 146 Å². The van der Waals surface area contributed by atoms with E-state index in [0.717, 1.165) is 22.8 Å². The number of aromatic nitrogens is 1. The fourth-order valence-corrected chi connectivity index (χ4v) is 6.29. The molecule has 3 rings (SSSR count). The maximum atomic E-state index is 13.5. The lowest BCUT2D eigenvalue weighted by molar-refractivity contribution is -0.137. The number of carbonyl (C=O) groups is 1. The first-order valence-electron chi connectivity index (χ1n) is 9.23. The van der Waals surface area contributed by atoms with Crippen LogP contribution in [-0.4, -0.2) is 61.2 Å². The quantitative estimate of drug-likeness (QED) is 0.299. The van der Waals surface area contributed by atoms with Gasteiger partial charge in [-0.2, -0.15) is 4.31 Å². The highest BCUT2D eigenvalue weighted by Crippen LogP contribution is 2.32. The van der Waals surface area contributed by atoms with Gasteiger partial charge in [-0.3, -0.25) is 4.79 Å². The molecule has 0 fully saturated rings. The molecule has 0 spiro atoms. The van der Waals surface area contributed by atoms with Gasteiger partial charge in [0.05, 0.1) is 22.3 Å². The minimum Gasteiger partial charge on any atom is -0.480 e. The van der Waals surface area contributed by atoms with E-state index >= 15 is 0 Å². The van der Waals surface area contributed by atoms with Crippen molar-refractivity contribution in [1.29, 1.82) is 0 Å². The van der Waals surface area contributed by atoms with Gasteiger partial charge in [-0.25, -0.2) is 20.8 Å². The zero-order chi connectivity index (χ0) is 23.8. The molecule has 12 heteroatoms. The predicted molar refractivity (Wildman–Crippen MR) is 117 cm³/mol. The highest BCUT2D eigenvalue weighted by atomic mass is 32.2. The number of rotatable bonds is 7. The van der Waals surface area contributed by atoms with Crippen LogP contribution in [0.15, 0.2) is 57.4 Å². The maximum Gasteiger partial charge on any atom is 0.318 e. The van der Waals surface area contributed by atoms with Crippen molar-refractivity contribution in [3.8, 4) is 0 Å². The van der Waals surface area contributed by atoms with E-state index in [-0.39, 0.29) is 26.4 Å².